The van der Waals surface area contributed by atoms with Gasteiger partial charge in [-0.05, 0) is 33.6 Å². The fourth-order valence-corrected chi connectivity index (χ4v) is 1.97. The molecule has 3 atom stereocenters. The van der Waals surface area contributed by atoms with Crippen LogP contribution in [0.15, 0.2) is 0 Å². The molecule has 0 radical (unpaired) electrons. The van der Waals surface area contributed by atoms with E-state index in [1.807, 2.05) is 34.7 Å². The third-order valence-electron chi connectivity index (χ3n) is 4.45. The highest BCUT2D eigenvalue weighted by atomic mass is 16.2. The summed E-state index contributed by atoms with van der Waals surface area (Å²) in [5.41, 5.74) is -0.894. The number of nitrogens with zero attached hydrogens (tertiary/aromatic N) is 2. The fraction of sp³-hybridized carbons (Fsp3) is 0.812. The van der Waals surface area contributed by atoms with Gasteiger partial charge in [-0.25, -0.2) is 0 Å². The fourth-order valence-electron chi connectivity index (χ4n) is 1.97. The van der Waals surface area contributed by atoms with Crippen LogP contribution in [-0.2, 0) is 9.59 Å². The van der Waals surface area contributed by atoms with E-state index >= 15 is 0 Å². The SMILES string of the molecule is CCN(CC)C(=O)C[NH+](C)[C@@H](C)C(=O)N[C@@](C)(C#N)C(C)C. The van der Waals surface area contributed by atoms with Crippen LogP contribution in [0.5, 0.6) is 0 Å². The predicted molar refractivity (Wildman–Crippen MR) is 86.1 cm³/mol. The van der Waals surface area contributed by atoms with Crippen molar-refractivity contribution in [3.8, 4) is 6.07 Å². The summed E-state index contributed by atoms with van der Waals surface area (Å²) in [6.45, 7) is 12.8. The van der Waals surface area contributed by atoms with E-state index in [0.29, 0.717) is 13.1 Å². The summed E-state index contributed by atoms with van der Waals surface area (Å²) in [7, 11) is 1.82. The second-order valence-electron chi connectivity index (χ2n) is 6.27. The lowest BCUT2D eigenvalue weighted by atomic mass is 9.90. The van der Waals surface area contributed by atoms with Crippen LogP contribution in [0, 0.1) is 17.2 Å². The molecule has 0 aromatic heterocycles. The Bertz CT molecular complexity index is 426. The van der Waals surface area contributed by atoms with E-state index in [4.69, 9.17) is 0 Å². The van der Waals surface area contributed by atoms with Crippen LogP contribution in [-0.4, -0.2) is 55.0 Å². The van der Waals surface area contributed by atoms with Crippen LogP contribution in [0.1, 0.15) is 41.5 Å². The van der Waals surface area contributed by atoms with Crippen LogP contribution in [0.25, 0.3) is 0 Å². The topological polar surface area (TPSA) is 77.6 Å². The van der Waals surface area contributed by atoms with Crippen molar-refractivity contribution in [2.75, 3.05) is 26.7 Å². The smallest absolute Gasteiger partial charge is 0.279 e. The van der Waals surface area contributed by atoms with Crippen LogP contribution >= 0.6 is 0 Å². The van der Waals surface area contributed by atoms with Crippen LogP contribution in [0.2, 0.25) is 0 Å². The molecule has 0 aromatic rings. The number of carbonyl (C=O) groups excluding carboxylic acids is 2. The molecular formula is C16H31N4O2+. The minimum atomic E-state index is -0.894. The molecule has 0 rings (SSSR count). The molecule has 0 saturated carbocycles. The van der Waals surface area contributed by atoms with E-state index in [0.717, 1.165) is 4.90 Å². The number of nitrogens with one attached hydrogen (secondary N) is 2. The van der Waals surface area contributed by atoms with Crippen molar-refractivity contribution in [3.63, 3.8) is 0 Å². The first-order chi connectivity index (χ1) is 10.1. The summed E-state index contributed by atoms with van der Waals surface area (Å²) < 4.78 is 0. The molecule has 6 nitrogen and oxygen atoms in total. The molecule has 0 spiro atoms. The predicted octanol–water partition coefficient (Wildman–Crippen LogP) is -0.188. The molecule has 22 heavy (non-hydrogen) atoms. The molecule has 0 fully saturated rings. The monoisotopic (exact) mass is 311 g/mol. The third-order valence-corrected chi connectivity index (χ3v) is 4.45. The van der Waals surface area contributed by atoms with Crippen LogP contribution in [0.3, 0.4) is 0 Å². The number of likely N-dealkylation sites (N-methyl/N-ethyl adjacent to an activating group) is 2. The highest BCUT2D eigenvalue weighted by Gasteiger charge is 2.34. The zero-order chi connectivity index (χ0) is 17.5. The molecule has 0 aliphatic rings. The maximum atomic E-state index is 12.3. The first-order valence-corrected chi connectivity index (χ1v) is 7.96. The lowest BCUT2D eigenvalue weighted by Gasteiger charge is -2.30. The number of amides is 2. The molecule has 2 amide bonds. The quantitative estimate of drug-likeness (QED) is 0.652. The number of carbonyl (C=O) groups is 2. The van der Waals surface area contributed by atoms with E-state index < -0.39 is 11.6 Å². The summed E-state index contributed by atoms with van der Waals surface area (Å²) in [6, 6.07) is 1.77. The molecule has 0 heterocycles. The molecule has 126 valence electrons. The molecule has 0 aromatic carbocycles. The average Bonchev–Trinajstić information content (AvgIpc) is 2.46. The normalized spacial score (nSPS) is 16.3. The van der Waals surface area contributed by atoms with Crippen molar-refractivity contribution < 1.29 is 14.5 Å². The first-order valence-electron chi connectivity index (χ1n) is 7.96. The third kappa shape index (κ3) is 5.30. The van der Waals surface area contributed by atoms with Crippen molar-refractivity contribution >= 4 is 11.8 Å². The highest BCUT2D eigenvalue weighted by molar-refractivity contribution is 5.82. The molecule has 0 saturated heterocycles. The highest BCUT2D eigenvalue weighted by Crippen LogP contribution is 2.14. The van der Waals surface area contributed by atoms with E-state index in [-0.39, 0.29) is 24.3 Å². The summed E-state index contributed by atoms with van der Waals surface area (Å²) in [5, 5.41) is 12.1. The van der Waals surface area contributed by atoms with Crippen molar-refractivity contribution in [2.45, 2.75) is 53.1 Å². The minimum absolute atomic E-state index is 0.00580. The Morgan fingerprint density at radius 2 is 1.77 bits per heavy atom. The molecule has 0 aliphatic carbocycles. The maximum absolute atomic E-state index is 12.3. The van der Waals surface area contributed by atoms with Crippen molar-refractivity contribution in [2.24, 2.45) is 5.92 Å². The Hall–Kier alpha value is -1.61. The van der Waals surface area contributed by atoms with E-state index in [1.54, 1.807) is 18.7 Å². The van der Waals surface area contributed by atoms with Crippen molar-refractivity contribution in [1.29, 1.82) is 5.26 Å². The van der Waals surface area contributed by atoms with E-state index in [2.05, 4.69) is 11.4 Å². The van der Waals surface area contributed by atoms with Gasteiger partial charge in [0.05, 0.1) is 13.1 Å². The van der Waals surface area contributed by atoms with Crippen molar-refractivity contribution in [3.05, 3.63) is 0 Å². The molecule has 6 heteroatoms. The Kier molecular flexibility index (Phi) is 8.10. The Balaban J connectivity index is 4.76. The van der Waals surface area contributed by atoms with Gasteiger partial charge in [0.1, 0.15) is 5.54 Å². The second-order valence-corrected chi connectivity index (χ2v) is 6.27. The largest absolute Gasteiger partial charge is 0.338 e. The molecule has 0 bridgehead atoms. The van der Waals surface area contributed by atoms with Crippen molar-refractivity contribution in [1.82, 2.24) is 10.2 Å². The number of hydrogen-bond acceptors (Lipinski definition) is 3. The molecular weight excluding hydrogens is 280 g/mol. The summed E-state index contributed by atoms with van der Waals surface area (Å²) in [5.74, 6) is -0.164. The Morgan fingerprint density at radius 1 is 1.27 bits per heavy atom. The second kappa shape index (κ2) is 8.74. The number of hydrogen-bond donors (Lipinski definition) is 2. The van der Waals surface area contributed by atoms with Gasteiger partial charge in [0.2, 0.25) is 0 Å². The Morgan fingerprint density at radius 3 is 2.14 bits per heavy atom. The van der Waals surface area contributed by atoms with Gasteiger partial charge >= 0.3 is 0 Å². The maximum Gasteiger partial charge on any atom is 0.279 e. The van der Waals surface area contributed by atoms with Gasteiger partial charge < -0.3 is 15.1 Å². The summed E-state index contributed by atoms with van der Waals surface area (Å²) in [4.78, 5) is 27.0. The number of nitriles is 1. The lowest BCUT2D eigenvalue weighted by molar-refractivity contribution is -0.886. The van der Waals surface area contributed by atoms with Gasteiger partial charge in [-0.2, -0.15) is 5.26 Å². The van der Waals surface area contributed by atoms with Crippen LogP contribution < -0.4 is 10.2 Å². The number of quaternary nitrogens is 1. The first kappa shape index (κ1) is 20.4. The standard InChI is InChI=1S/C16H30N4O2/c1-8-20(9-2)14(21)10-19(7)13(5)15(22)18-16(6,11-17)12(3)4/h12-13H,8-10H2,1-7H3,(H,18,22)/p+1/t13-,16-/m0/s1. The zero-order valence-corrected chi connectivity index (χ0v) is 15.0. The van der Waals surface area contributed by atoms with E-state index in [1.165, 1.54) is 0 Å². The van der Waals surface area contributed by atoms with Gasteiger partial charge in [-0.3, -0.25) is 9.59 Å². The lowest BCUT2D eigenvalue weighted by Crippen LogP contribution is -3.15. The van der Waals surface area contributed by atoms with Gasteiger partial charge in [-0.15, -0.1) is 0 Å². The number of rotatable bonds is 8. The van der Waals surface area contributed by atoms with Gasteiger partial charge in [0.15, 0.2) is 12.6 Å². The summed E-state index contributed by atoms with van der Waals surface area (Å²) >= 11 is 0. The van der Waals surface area contributed by atoms with E-state index in [9.17, 15) is 14.9 Å². The molecule has 1 unspecified atom stereocenters. The zero-order valence-electron chi connectivity index (χ0n) is 15.0. The molecule has 0 aliphatic heterocycles. The van der Waals surface area contributed by atoms with Crippen LogP contribution in [0.4, 0.5) is 0 Å². The summed E-state index contributed by atoms with van der Waals surface area (Å²) in [6.07, 6.45) is 0. The average molecular weight is 311 g/mol. The van der Waals surface area contributed by atoms with Gasteiger partial charge in [0, 0.05) is 13.1 Å². The Labute approximate surface area is 134 Å². The van der Waals surface area contributed by atoms with Gasteiger partial charge in [-0.1, -0.05) is 13.8 Å². The van der Waals surface area contributed by atoms with Gasteiger partial charge in [0.25, 0.3) is 11.8 Å². The minimum Gasteiger partial charge on any atom is -0.338 e. The molecule has 2 N–H and O–H groups in total.